The quantitative estimate of drug-likeness (QED) is 0.0349. The van der Waals surface area contributed by atoms with E-state index in [0.29, 0.717) is 0 Å². The molecule has 0 N–H and O–H groups in total. The van der Waals surface area contributed by atoms with Gasteiger partial charge in [0.05, 0.1) is 0 Å². The number of hydrogen-bond acceptors (Lipinski definition) is 1. The monoisotopic (exact) mass is 1030 g/mol. The molecule has 0 aromatic heterocycles. The summed E-state index contributed by atoms with van der Waals surface area (Å²) in [5.74, 6) is -45.3. The zero-order chi connectivity index (χ0) is 50.2. The largest absolute Gasteiger partial charge is 0.748 e. The van der Waals surface area contributed by atoms with Crippen LogP contribution < -0.4 is 16.4 Å². The predicted octanol–water partition coefficient (Wildman–Crippen LogP) is 13.2. The Hall–Kier alpha value is -5.10. The van der Waals surface area contributed by atoms with Gasteiger partial charge in [0.2, 0.25) is 5.54 Å². The fraction of sp³-hybridized carbons (Fsp3) is 0.292. The fourth-order valence-electron chi connectivity index (χ4n) is 6.81. The molecule has 364 valence electrons. The molecule has 0 aliphatic heterocycles. The minimum Gasteiger partial charge on any atom is -0.748 e. The molecule has 5 aromatic rings. The first-order chi connectivity index (χ1) is 30.7. The van der Waals surface area contributed by atoms with E-state index in [1.54, 1.807) is 0 Å². The second-order valence-electron chi connectivity index (χ2n) is 16.7. The molecule has 19 heteroatoms. The average molecular weight is 1030 g/mol. The van der Waals surface area contributed by atoms with Crippen molar-refractivity contribution in [3.8, 4) is 0 Å². The van der Waals surface area contributed by atoms with Gasteiger partial charge in [0.25, 0.3) is 0 Å². The summed E-state index contributed by atoms with van der Waals surface area (Å²) in [6, 6.07) is 20.0. The Morgan fingerprint density at radius 1 is 0.552 bits per heavy atom. The molecule has 0 saturated carbocycles. The molecule has 6 rings (SSSR count). The van der Waals surface area contributed by atoms with E-state index in [2.05, 4.69) is 16.1 Å². The van der Waals surface area contributed by atoms with Gasteiger partial charge in [0, 0.05) is 52.5 Å². The molecule has 2 nitrogen and oxygen atoms in total. The molecule has 0 bridgehead atoms. The second kappa shape index (κ2) is 23.8. The minimum atomic E-state index is -5.82. The van der Waals surface area contributed by atoms with Crippen LogP contribution in [-0.4, -0.2) is 23.4 Å². The van der Waals surface area contributed by atoms with Crippen molar-refractivity contribution >= 4 is 28.7 Å². The van der Waals surface area contributed by atoms with Crippen molar-refractivity contribution < 1.29 is 92.1 Å². The van der Waals surface area contributed by atoms with Crippen LogP contribution in [0.2, 0.25) is 0 Å². The number of rotatable bonds is 9. The summed E-state index contributed by atoms with van der Waals surface area (Å²) >= 11 is 0. The first-order valence-corrected chi connectivity index (χ1v) is 20.1. The maximum absolute atomic E-state index is 16.0. The van der Waals surface area contributed by atoms with Crippen molar-refractivity contribution in [3.05, 3.63) is 182 Å². The van der Waals surface area contributed by atoms with Gasteiger partial charge < -0.3 is 40.2 Å². The van der Waals surface area contributed by atoms with Gasteiger partial charge in [-0.05, 0) is 27.2 Å². The Kier molecular flexibility index (Phi) is 20.6. The smallest absolute Gasteiger partial charge is 0.224 e. The SMILES string of the molecule is CCCC([C-]=NC(C)(C)C)=C1C(CCC)=C1[B-](c1c(F)c(F)c(F)c(F)c1F)(c1c(F)c(F)c(F)c(F)c1F)c1c(F)c(F)c(F)c(F)c1F.[C-]#[N+]C(C)(C)C.[Zr].[cH-]1[cH-][cH-][cH-][cH-]1.c1cc[cH-]c1. The number of halogens is 15. The van der Waals surface area contributed by atoms with Gasteiger partial charge in [0.1, 0.15) is 41.0 Å². The maximum Gasteiger partial charge on any atom is 0.224 e. The molecule has 0 saturated heterocycles. The van der Waals surface area contributed by atoms with E-state index in [-0.39, 0.29) is 56.6 Å². The molecule has 67 heavy (non-hydrogen) atoms. The zero-order valence-corrected chi connectivity index (χ0v) is 39.7. The Balaban J connectivity index is 0.000000762. The standard InChI is InChI=1S/C33H23BF15N.C5H9N.2C5H5.Zr/c1-6-8-11(10-50-33(3,4)5)13-12(9-7-2)14(13)34(15-18(35)24(41)30(47)25(42)19(15)36,16-20(37)26(43)31(48)27(44)21(16)38)17-22(39)28(45)32(49)29(46)23(17)40;1-5(2,3)6-4;2*1-2-4-5-3-1;/h6-9H2,1-5H3;1-3H3;2*1-5H;/q-2;;-5;-1;. The van der Waals surface area contributed by atoms with Crippen molar-refractivity contribution in [1.29, 1.82) is 0 Å². The van der Waals surface area contributed by atoms with Crippen molar-refractivity contribution in [2.24, 2.45) is 4.99 Å². The van der Waals surface area contributed by atoms with E-state index in [1.807, 2.05) is 81.4 Å². The summed E-state index contributed by atoms with van der Waals surface area (Å²) in [6.07, 6.45) is -3.89. The molecule has 0 atom stereocenters. The van der Waals surface area contributed by atoms with Gasteiger partial charge in [-0.25, -0.2) is 90.1 Å². The minimum absolute atomic E-state index is 0. The van der Waals surface area contributed by atoms with Crippen LogP contribution in [0.5, 0.6) is 0 Å². The second-order valence-corrected chi connectivity index (χ2v) is 16.7. The molecular formula is C48H42BF15N2Zr-8. The zero-order valence-electron chi connectivity index (χ0n) is 37.2. The Labute approximate surface area is 397 Å². The summed E-state index contributed by atoms with van der Waals surface area (Å²) in [5.41, 5.74) is -11.5. The van der Waals surface area contributed by atoms with Crippen LogP contribution in [0.15, 0.2) is 87.8 Å². The first kappa shape index (κ1) is 58.0. The molecule has 0 heterocycles. The van der Waals surface area contributed by atoms with Gasteiger partial charge in [-0.3, -0.25) is 5.47 Å². The van der Waals surface area contributed by atoms with Crippen molar-refractivity contribution in [2.75, 3.05) is 0 Å². The third-order valence-electron chi connectivity index (χ3n) is 9.57. The van der Waals surface area contributed by atoms with Crippen LogP contribution in [0.4, 0.5) is 65.9 Å². The molecule has 0 amide bonds. The van der Waals surface area contributed by atoms with Crippen LogP contribution in [0.3, 0.4) is 0 Å². The predicted molar refractivity (Wildman–Crippen MR) is 225 cm³/mol. The van der Waals surface area contributed by atoms with Crippen molar-refractivity contribution in [1.82, 2.24) is 0 Å². The summed E-state index contributed by atoms with van der Waals surface area (Å²) in [6.45, 7) is 19.7. The van der Waals surface area contributed by atoms with Crippen LogP contribution >= 0.6 is 0 Å². The molecule has 0 spiro atoms. The van der Waals surface area contributed by atoms with E-state index in [4.69, 9.17) is 6.57 Å². The van der Waals surface area contributed by atoms with Crippen LogP contribution in [0, 0.1) is 93.8 Å². The summed E-state index contributed by atoms with van der Waals surface area (Å²) in [7, 11) is 0. The van der Waals surface area contributed by atoms with Crippen LogP contribution in [-0.2, 0) is 26.2 Å². The summed E-state index contributed by atoms with van der Waals surface area (Å²) in [5, 5.41) is 0. The first-order valence-electron chi connectivity index (χ1n) is 20.1. The Morgan fingerprint density at radius 2 is 0.851 bits per heavy atom. The molecule has 0 unspecified atom stereocenters. The van der Waals surface area contributed by atoms with E-state index in [9.17, 15) is 13.2 Å². The maximum atomic E-state index is 16.0. The van der Waals surface area contributed by atoms with E-state index in [0.717, 1.165) is 0 Å². The van der Waals surface area contributed by atoms with E-state index < -0.39 is 138 Å². The van der Waals surface area contributed by atoms with Gasteiger partial charge in [-0.2, -0.15) is 29.3 Å². The average Bonchev–Trinajstić information content (AvgIpc) is 3.72. The third kappa shape index (κ3) is 12.5. The van der Waals surface area contributed by atoms with Gasteiger partial charge in [-0.15, -0.1) is 22.6 Å². The molecule has 1 aliphatic carbocycles. The van der Waals surface area contributed by atoms with Crippen molar-refractivity contribution in [3.63, 3.8) is 0 Å². The fourth-order valence-corrected chi connectivity index (χ4v) is 6.81. The molecule has 1 aliphatic rings. The number of nitrogens with zero attached hydrogens (tertiary/aromatic N) is 2. The summed E-state index contributed by atoms with van der Waals surface area (Å²) < 4.78 is 229. The van der Waals surface area contributed by atoms with Gasteiger partial charge >= 0.3 is 0 Å². The van der Waals surface area contributed by atoms with Crippen molar-refractivity contribution in [2.45, 2.75) is 92.2 Å². The molecular weight excluding hydrogens is 992 g/mol. The molecule has 0 fully saturated rings. The van der Waals surface area contributed by atoms with Crippen LogP contribution in [0.1, 0.15) is 81.1 Å². The number of hydrogen-bond donors (Lipinski definition) is 0. The van der Waals surface area contributed by atoms with E-state index >= 15 is 52.7 Å². The molecule has 5 aromatic carbocycles. The Bertz CT molecular complexity index is 2340. The third-order valence-corrected chi connectivity index (χ3v) is 9.57. The number of aliphatic imine (C=N–C) groups is 1. The van der Waals surface area contributed by atoms with E-state index in [1.165, 1.54) is 34.6 Å². The topological polar surface area (TPSA) is 16.7 Å². The normalized spacial score (nSPS) is 13.2. The Morgan fingerprint density at radius 3 is 1.07 bits per heavy atom. The number of allylic oxidation sites excluding steroid dienone is 4. The summed E-state index contributed by atoms with van der Waals surface area (Å²) in [4.78, 5) is 7.38. The van der Waals surface area contributed by atoms with Gasteiger partial charge in [0.15, 0.2) is 52.4 Å². The van der Waals surface area contributed by atoms with Crippen LogP contribution in [0.25, 0.3) is 4.85 Å². The molecule has 0 radical (unpaired) electrons. The van der Waals surface area contributed by atoms with Gasteiger partial charge in [-0.1, -0.05) is 33.1 Å². The number of benzene rings is 3.